The van der Waals surface area contributed by atoms with Gasteiger partial charge in [0, 0.05) is 10.9 Å². The molecular formula is C11H18N2S. The maximum atomic E-state index is 5.91. The van der Waals surface area contributed by atoms with Gasteiger partial charge in [-0.1, -0.05) is 0 Å². The van der Waals surface area contributed by atoms with Crippen LogP contribution in [0.15, 0.2) is 0 Å². The van der Waals surface area contributed by atoms with Crippen LogP contribution in [0, 0.1) is 13.8 Å². The Labute approximate surface area is 89.5 Å². The number of aromatic nitrogens is 1. The van der Waals surface area contributed by atoms with Crippen LogP contribution in [0.3, 0.4) is 0 Å². The molecule has 1 aliphatic rings. The zero-order chi connectivity index (χ0) is 10.1. The van der Waals surface area contributed by atoms with Crippen molar-refractivity contribution in [2.24, 2.45) is 5.73 Å². The first-order valence-electron chi connectivity index (χ1n) is 5.36. The van der Waals surface area contributed by atoms with Gasteiger partial charge in [-0.05, 0) is 45.4 Å². The Kier molecular flexibility index (Phi) is 2.88. The molecule has 1 heterocycles. The van der Waals surface area contributed by atoms with E-state index in [1.807, 2.05) is 11.3 Å². The van der Waals surface area contributed by atoms with Gasteiger partial charge in [0.2, 0.25) is 0 Å². The highest BCUT2D eigenvalue weighted by Crippen LogP contribution is 2.36. The molecule has 0 atom stereocenters. The molecule has 2 rings (SSSR count). The number of nitrogens with zero attached hydrogens (tertiary/aromatic N) is 1. The number of nitrogens with two attached hydrogens (primary N) is 1. The molecule has 0 unspecified atom stereocenters. The standard InChI is InChI=1S/C11H18N2S/c1-7-11(14-8(2)13-7)9-3-5-10(12)6-4-9/h9-10H,3-6,12H2,1-2H3. The fourth-order valence-electron chi connectivity index (χ4n) is 2.31. The van der Waals surface area contributed by atoms with Crippen molar-refractivity contribution in [3.63, 3.8) is 0 Å². The van der Waals surface area contributed by atoms with Crippen molar-refractivity contribution in [1.82, 2.24) is 4.98 Å². The monoisotopic (exact) mass is 210 g/mol. The first-order valence-corrected chi connectivity index (χ1v) is 6.18. The van der Waals surface area contributed by atoms with Crippen LogP contribution in [-0.2, 0) is 0 Å². The Bertz CT molecular complexity index is 311. The molecule has 1 aromatic heterocycles. The van der Waals surface area contributed by atoms with Crippen molar-refractivity contribution in [2.75, 3.05) is 0 Å². The quantitative estimate of drug-likeness (QED) is 0.774. The average Bonchev–Trinajstić information content (AvgIpc) is 2.47. The SMILES string of the molecule is Cc1nc(C)c(C2CCC(N)CC2)s1. The minimum Gasteiger partial charge on any atom is -0.328 e. The van der Waals surface area contributed by atoms with Crippen LogP contribution in [0.1, 0.15) is 47.2 Å². The molecule has 1 fully saturated rings. The molecular weight excluding hydrogens is 192 g/mol. The number of hydrogen-bond donors (Lipinski definition) is 1. The summed E-state index contributed by atoms with van der Waals surface area (Å²) >= 11 is 1.87. The number of hydrogen-bond acceptors (Lipinski definition) is 3. The second kappa shape index (κ2) is 3.99. The zero-order valence-electron chi connectivity index (χ0n) is 8.92. The summed E-state index contributed by atoms with van der Waals surface area (Å²) in [4.78, 5) is 6.00. The van der Waals surface area contributed by atoms with Crippen LogP contribution >= 0.6 is 11.3 Å². The van der Waals surface area contributed by atoms with Crippen LogP contribution in [0.2, 0.25) is 0 Å². The lowest BCUT2D eigenvalue weighted by Gasteiger charge is -2.25. The van der Waals surface area contributed by atoms with Crippen LogP contribution < -0.4 is 5.73 Å². The van der Waals surface area contributed by atoms with Crippen molar-refractivity contribution in [3.05, 3.63) is 15.6 Å². The van der Waals surface area contributed by atoms with Crippen molar-refractivity contribution < 1.29 is 0 Å². The van der Waals surface area contributed by atoms with Gasteiger partial charge in [0.15, 0.2) is 0 Å². The van der Waals surface area contributed by atoms with Crippen LogP contribution in [-0.4, -0.2) is 11.0 Å². The van der Waals surface area contributed by atoms with E-state index in [1.165, 1.54) is 41.3 Å². The second-order valence-corrected chi connectivity index (χ2v) is 5.53. The molecule has 1 aromatic rings. The maximum Gasteiger partial charge on any atom is 0.0900 e. The van der Waals surface area contributed by atoms with E-state index in [0.29, 0.717) is 6.04 Å². The summed E-state index contributed by atoms with van der Waals surface area (Å²) < 4.78 is 0. The lowest BCUT2D eigenvalue weighted by molar-refractivity contribution is 0.398. The van der Waals surface area contributed by atoms with E-state index in [9.17, 15) is 0 Å². The third-order valence-electron chi connectivity index (χ3n) is 3.08. The third kappa shape index (κ3) is 1.98. The Morgan fingerprint density at radius 3 is 2.36 bits per heavy atom. The molecule has 14 heavy (non-hydrogen) atoms. The average molecular weight is 210 g/mol. The predicted molar refractivity (Wildman–Crippen MR) is 60.8 cm³/mol. The summed E-state index contributed by atoms with van der Waals surface area (Å²) in [6.07, 6.45) is 4.87. The van der Waals surface area contributed by atoms with Gasteiger partial charge in [0.25, 0.3) is 0 Å². The fraction of sp³-hybridized carbons (Fsp3) is 0.727. The topological polar surface area (TPSA) is 38.9 Å². The number of thiazole rings is 1. The van der Waals surface area contributed by atoms with Crippen LogP contribution in [0.4, 0.5) is 0 Å². The first kappa shape index (κ1) is 10.1. The molecule has 78 valence electrons. The van der Waals surface area contributed by atoms with E-state index < -0.39 is 0 Å². The van der Waals surface area contributed by atoms with Crippen molar-refractivity contribution >= 4 is 11.3 Å². The molecule has 0 amide bonds. The van der Waals surface area contributed by atoms with Crippen LogP contribution in [0.25, 0.3) is 0 Å². The smallest absolute Gasteiger partial charge is 0.0900 e. The highest BCUT2D eigenvalue weighted by atomic mass is 32.1. The third-order valence-corrected chi connectivity index (χ3v) is 4.32. The summed E-state index contributed by atoms with van der Waals surface area (Å²) in [5, 5.41) is 1.20. The van der Waals surface area contributed by atoms with Gasteiger partial charge in [0.1, 0.15) is 0 Å². The lowest BCUT2D eigenvalue weighted by Crippen LogP contribution is -2.25. The molecule has 0 aromatic carbocycles. The molecule has 0 saturated heterocycles. The van der Waals surface area contributed by atoms with E-state index in [1.54, 1.807) is 0 Å². The Hall–Kier alpha value is -0.410. The first-order chi connectivity index (χ1) is 6.66. The van der Waals surface area contributed by atoms with E-state index in [2.05, 4.69) is 18.8 Å². The zero-order valence-corrected chi connectivity index (χ0v) is 9.73. The Morgan fingerprint density at radius 2 is 1.86 bits per heavy atom. The minimum absolute atomic E-state index is 0.445. The molecule has 0 spiro atoms. The minimum atomic E-state index is 0.445. The summed E-state index contributed by atoms with van der Waals surface area (Å²) in [5.74, 6) is 0.737. The summed E-state index contributed by atoms with van der Waals surface area (Å²) in [6.45, 7) is 4.23. The largest absolute Gasteiger partial charge is 0.328 e. The van der Waals surface area contributed by atoms with Gasteiger partial charge in [-0.25, -0.2) is 4.98 Å². The Balaban J connectivity index is 2.11. The summed E-state index contributed by atoms with van der Waals surface area (Å²) in [6, 6.07) is 0.445. The fourth-order valence-corrected chi connectivity index (χ4v) is 3.40. The molecule has 3 heteroatoms. The lowest BCUT2D eigenvalue weighted by atomic mass is 9.85. The highest BCUT2D eigenvalue weighted by Gasteiger charge is 2.23. The molecule has 0 aliphatic heterocycles. The van der Waals surface area contributed by atoms with Crippen molar-refractivity contribution in [3.8, 4) is 0 Å². The van der Waals surface area contributed by atoms with E-state index >= 15 is 0 Å². The summed E-state index contributed by atoms with van der Waals surface area (Å²) in [5.41, 5.74) is 7.15. The second-order valence-electron chi connectivity index (χ2n) is 4.29. The van der Waals surface area contributed by atoms with Gasteiger partial charge in [0.05, 0.1) is 10.7 Å². The summed E-state index contributed by atoms with van der Waals surface area (Å²) in [7, 11) is 0. The molecule has 2 nitrogen and oxygen atoms in total. The highest BCUT2D eigenvalue weighted by molar-refractivity contribution is 7.11. The maximum absolute atomic E-state index is 5.91. The van der Waals surface area contributed by atoms with Gasteiger partial charge >= 0.3 is 0 Å². The van der Waals surface area contributed by atoms with Gasteiger partial charge in [-0.3, -0.25) is 0 Å². The predicted octanol–water partition coefficient (Wildman–Crippen LogP) is 2.74. The molecule has 1 saturated carbocycles. The van der Waals surface area contributed by atoms with E-state index in [4.69, 9.17) is 5.73 Å². The van der Waals surface area contributed by atoms with E-state index in [-0.39, 0.29) is 0 Å². The van der Waals surface area contributed by atoms with Crippen molar-refractivity contribution in [1.29, 1.82) is 0 Å². The van der Waals surface area contributed by atoms with Crippen LogP contribution in [0.5, 0.6) is 0 Å². The normalized spacial score (nSPS) is 27.9. The van der Waals surface area contributed by atoms with Gasteiger partial charge < -0.3 is 5.73 Å². The van der Waals surface area contributed by atoms with E-state index in [0.717, 1.165) is 5.92 Å². The number of aryl methyl sites for hydroxylation is 2. The number of rotatable bonds is 1. The molecule has 0 radical (unpaired) electrons. The molecule has 1 aliphatic carbocycles. The molecule has 0 bridgehead atoms. The van der Waals surface area contributed by atoms with Gasteiger partial charge in [-0.15, -0.1) is 11.3 Å². The molecule has 2 N–H and O–H groups in total. The van der Waals surface area contributed by atoms with Gasteiger partial charge in [-0.2, -0.15) is 0 Å². The Morgan fingerprint density at radius 1 is 1.21 bits per heavy atom. The van der Waals surface area contributed by atoms with Crippen molar-refractivity contribution in [2.45, 2.75) is 51.5 Å².